The van der Waals surface area contributed by atoms with Crippen LogP contribution in [-0.4, -0.2) is 90.1 Å². The highest BCUT2D eigenvalue weighted by atomic mass is 32.2. The molecule has 1 heterocycles. The average Bonchev–Trinajstić information content (AvgIpc) is 3.93. The second-order valence-electron chi connectivity index (χ2n) is 18.7. The molecule has 0 aromatic carbocycles. The lowest BCUT2D eigenvalue weighted by Gasteiger charge is -2.44. The van der Waals surface area contributed by atoms with E-state index in [9.17, 15) is 32.4 Å². The highest BCUT2D eigenvalue weighted by Crippen LogP contribution is 2.65. The van der Waals surface area contributed by atoms with E-state index < -0.39 is 67.3 Å². The number of carbonyl (C=O) groups is 5. The molecule has 12 nitrogen and oxygen atoms in total. The molecule has 0 radical (unpaired) electrons. The number of urea groups is 1. The molecule has 5 amide bonds. The zero-order chi connectivity index (χ0) is 39.0. The Bertz CT molecular complexity index is 1580. The van der Waals surface area contributed by atoms with Crippen LogP contribution in [0, 0.1) is 40.9 Å². The number of sulfone groups is 1. The first-order valence-corrected chi connectivity index (χ1v) is 21.6. The molecule has 5 rings (SSSR count). The summed E-state index contributed by atoms with van der Waals surface area (Å²) in [5, 5.41) is 11.6. The molecule has 0 spiro atoms. The first kappa shape index (κ1) is 41.0. The number of fused-ring (bicyclic) bond motifs is 1. The number of amides is 5. The van der Waals surface area contributed by atoms with E-state index in [1.54, 1.807) is 25.7 Å². The third kappa shape index (κ3) is 9.05. The smallest absolute Gasteiger partial charge is 0.315 e. The molecule has 3 unspecified atom stereocenters. The van der Waals surface area contributed by atoms with Crippen molar-refractivity contribution in [3.05, 3.63) is 0 Å². The number of ketones is 1. The summed E-state index contributed by atoms with van der Waals surface area (Å²) in [5.41, 5.74) is -1.75. The number of likely N-dealkylation sites (tertiary alicyclic amines) is 1. The Hall–Kier alpha value is -3.14. The zero-order valence-corrected chi connectivity index (χ0v) is 33.6. The Kier molecular flexibility index (Phi) is 12.0. The van der Waals surface area contributed by atoms with Gasteiger partial charge < -0.3 is 26.2 Å². The number of nitrogens with zero attached hydrogens (tertiary/aromatic N) is 1. The number of piperidine rings is 1. The molecule has 296 valence electrons. The van der Waals surface area contributed by atoms with Crippen LogP contribution in [0.5, 0.6) is 0 Å². The van der Waals surface area contributed by atoms with Gasteiger partial charge in [-0.25, -0.2) is 13.2 Å². The molecule has 0 aromatic rings. The fourth-order valence-electron chi connectivity index (χ4n) is 9.35. The number of hydrogen-bond acceptors (Lipinski definition) is 7. The monoisotopic (exact) mass is 757 g/mol. The summed E-state index contributed by atoms with van der Waals surface area (Å²) in [6, 6.07) is -3.42. The highest BCUT2D eigenvalue weighted by molar-refractivity contribution is 7.92. The summed E-state index contributed by atoms with van der Waals surface area (Å²) in [6.07, 6.45) is 15.6. The highest BCUT2D eigenvalue weighted by Gasteiger charge is 2.70. The molecule has 53 heavy (non-hydrogen) atoms. The maximum absolute atomic E-state index is 14.9. The van der Waals surface area contributed by atoms with Crippen molar-refractivity contribution in [1.82, 2.24) is 26.2 Å². The molecule has 4 aliphatic carbocycles. The van der Waals surface area contributed by atoms with Gasteiger partial charge in [0.25, 0.3) is 5.91 Å². The Labute approximate surface area is 316 Å². The lowest BCUT2D eigenvalue weighted by molar-refractivity contribution is -0.146. The van der Waals surface area contributed by atoms with E-state index in [-0.39, 0.29) is 47.8 Å². The third-order valence-corrected chi connectivity index (χ3v) is 16.0. The summed E-state index contributed by atoms with van der Waals surface area (Å²) in [6.45, 7) is 11.7. The molecule has 5 atom stereocenters. The van der Waals surface area contributed by atoms with E-state index in [2.05, 4.69) is 41.0 Å². The molecule has 0 aromatic heterocycles. The van der Waals surface area contributed by atoms with Crippen molar-refractivity contribution in [2.45, 2.75) is 160 Å². The van der Waals surface area contributed by atoms with Crippen LogP contribution in [0.2, 0.25) is 0 Å². The molecule has 5 fully saturated rings. The van der Waals surface area contributed by atoms with Crippen LogP contribution in [0.15, 0.2) is 0 Å². The van der Waals surface area contributed by atoms with E-state index in [4.69, 9.17) is 6.42 Å². The summed E-state index contributed by atoms with van der Waals surface area (Å²) < 4.78 is 25.9. The van der Waals surface area contributed by atoms with Crippen molar-refractivity contribution >= 4 is 39.4 Å². The minimum absolute atomic E-state index is 0.0635. The molecular weight excluding hydrogens is 695 g/mol. The molecule has 0 bridgehead atoms. The van der Waals surface area contributed by atoms with E-state index >= 15 is 0 Å². The first-order valence-electron chi connectivity index (χ1n) is 19.9. The Balaban J connectivity index is 1.39. The third-order valence-electron chi connectivity index (χ3n) is 13.2. The van der Waals surface area contributed by atoms with Gasteiger partial charge in [-0.15, -0.1) is 12.3 Å². The van der Waals surface area contributed by atoms with Crippen LogP contribution >= 0.6 is 0 Å². The Morgan fingerprint density at radius 3 is 2.08 bits per heavy atom. The Morgan fingerprint density at radius 1 is 0.906 bits per heavy atom. The van der Waals surface area contributed by atoms with E-state index in [1.807, 2.05) is 6.92 Å². The predicted octanol–water partition coefficient (Wildman–Crippen LogP) is 4.02. The van der Waals surface area contributed by atoms with Gasteiger partial charge in [-0.3, -0.25) is 19.2 Å². The minimum Gasteiger partial charge on any atom is -0.348 e. The molecule has 13 heteroatoms. The number of hydrogen-bond donors (Lipinski definition) is 4. The molecule has 1 saturated heterocycles. The topological polar surface area (TPSA) is 171 Å². The number of carbonyl (C=O) groups excluding carboxylic acids is 5. The van der Waals surface area contributed by atoms with Gasteiger partial charge in [0.15, 0.2) is 9.84 Å². The zero-order valence-electron chi connectivity index (χ0n) is 32.8. The van der Waals surface area contributed by atoms with Gasteiger partial charge in [0, 0.05) is 19.5 Å². The lowest BCUT2D eigenvalue weighted by Crippen LogP contribution is -2.65. The van der Waals surface area contributed by atoms with Crippen molar-refractivity contribution < 1.29 is 32.4 Å². The van der Waals surface area contributed by atoms with E-state index in [1.165, 1.54) is 0 Å². The lowest BCUT2D eigenvalue weighted by atomic mass is 9.70. The van der Waals surface area contributed by atoms with Crippen molar-refractivity contribution in [2.24, 2.45) is 28.6 Å². The number of terminal acetylenes is 1. The van der Waals surface area contributed by atoms with Gasteiger partial charge in [0.1, 0.15) is 12.1 Å². The van der Waals surface area contributed by atoms with Crippen LogP contribution in [-0.2, 0) is 29.0 Å². The summed E-state index contributed by atoms with van der Waals surface area (Å²) >= 11 is 0. The summed E-state index contributed by atoms with van der Waals surface area (Å²) in [4.78, 5) is 71.1. The predicted molar refractivity (Wildman–Crippen MR) is 203 cm³/mol. The Morgan fingerprint density at radius 2 is 1.51 bits per heavy atom. The maximum atomic E-state index is 14.9. The fraction of sp³-hybridized carbons (Fsp3) is 0.825. The quantitative estimate of drug-likeness (QED) is 0.118. The van der Waals surface area contributed by atoms with Gasteiger partial charge in [-0.05, 0) is 81.5 Å². The van der Waals surface area contributed by atoms with Crippen LogP contribution in [0.25, 0.3) is 0 Å². The standard InChI is InChI=1S/C40H63N5O7S/c1-8-9-22-41-34(48)31(46)28(23-26-16-17-26)42-33(47)30-29-27(38(29,5)6)24-45(30)35(49)32(39(7)18-12-10-13-19-39)43-36(50)44-40(20-14-11-15-21-40)25-53(51,52)37(2,3)4/h1,26-30,32H,9-25H2,2-7H3,(H,41,48)(H,42,47)(H2,43,44,50)/t27?,28?,29?,30-,32+/m0/s1. The molecule has 4 N–H and O–H groups in total. The maximum Gasteiger partial charge on any atom is 0.315 e. The van der Waals surface area contributed by atoms with Crippen molar-refractivity contribution in [2.75, 3.05) is 18.8 Å². The van der Waals surface area contributed by atoms with Crippen LogP contribution in [0.3, 0.4) is 0 Å². The van der Waals surface area contributed by atoms with Crippen molar-refractivity contribution in [3.63, 3.8) is 0 Å². The summed E-state index contributed by atoms with van der Waals surface area (Å²) in [5.74, 6) is 0.0916. The number of nitrogens with one attached hydrogen (secondary N) is 4. The second-order valence-corrected chi connectivity index (χ2v) is 21.4. The van der Waals surface area contributed by atoms with Gasteiger partial charge in [0.05, 0.1) is 22.1 Å². The van der Waals surface area contributed by atoms with Gasteiger partial charge in [0.2, 0.25) is 17.6 Å². The number of Topliss-reactive ketones (excluding diaryl/α,β-unsaturated/α-hetero) is 1. The van der Waals surface area contributed by atoms with Gasteiger partial charge >= 0.3 is 6.03 Å². The molecule has 1 aliphatic heterocycles. The van der Waals surface area contributed by atoms with E-state index in [0.29, 0.717) is 38.6 Å². The average molecular weight is 758 g/mol. The molecule has 5 aliphatic rings. The van der Waals surface area contributed by atoms with Gasteiger partial charge in [-0.1, -0.05) is 72.1 Å². The minimum atomic E-state index is -3.57. The first-order chi connectivity index (χ1) is 24.8. The fourth-order valence-corrected chi connectivity index (χ4v) is 10.9. The SMILES string of the molecule is C#CCCNC(=O)C(=O)C(CC1CC1)NC(=O)[C@@H]1C2C(CN1C(=O)[C@@H](NC(=O)NC1(CS(=O)(=O)C(C)(C)C)CCCCC1)C1(C)CCCCC1)C2(C)C. The van der Waals surface area contributed by atoms with Crippen LogP contribution in [0.4, 0.5) is 4.79 Å². The van der Waals surface area contributed by atoms with Gasteiger partial charge in [-0.2, -0.15) is 0 Å². The van der Waals surface area contributed by atoms with Crippen LogP contribution in [0.1, 0.15) is 131 Å². The summed E-state index contributed by atoms with van der Waals surface area (Å²) in [7, 11) is -3.57. The van der Waals surface area contributed by atoms with E-state index in [0.717, 1.165) is 51.4 Å². The largest absolute Gasteiger partial charge is 0.348 e. The second kappa shape index (κ2) is 15.5. The number of rotatable bonds is 14. The normalized spacial score (nSPS) is 26.9. The van der Waals surface area contributed by atoms with Crippen LogP contribution < -0.4 is 21.3 Å². The van der Waals surface area contributed by atoms with Crippen molar-refractivity contribution in [1.29, 1.82) is 0 Å². The molecule has 4 saturated carbocycles. The molecular formula is C40H63N5O7S. The van der Waals surface area contributed by atoms with Crippen molar-refractivity contribution in [3.8, 4) is 12.3 Å².